The zero-order valence-electron chi connectivity index (χ0n) is 11.5. The number of hydrogen-bond acceptors (Lipinski definition) is 2. The molecule has 18 heavy (non-hydrogen) atoms. The highest BCUT2D eigenvalue weighted by atomic mass is 79.9. The lowest BCUT2D eigenvalue weighted by Gasteiger charge is -2.29. The monoisotopic (exact) mass is 310 g/mol. The third-order valence-electron chi connectivity index (χ3n) is 3.62. The van der Waals surface area contributed by atoms with Crippen LogP contribution in [0.3, 0.4) is 0 Å². The molecule has 0 aliphatic carbocycles. The van der Waals surface area contributed by atoms with Crippen molar-refractivity contribution in [2.24, 2.45) is 11.7 Å². The molecule has 2 N–H and O–H groups in total. The van der Waals surface area contributed by atoms with E-state index in [1.165, 1.54) is 15.6 Å². The third-order valence-corrected chi connectivity index (χ3v) is 4.31. The maximum atomic E-state index is 6.32. The van der Waals surface area contributed by atoms with Crippen molar-refractivity contribution in [3.8, 4) is 0 Å². The Morgan fingerprint density at radius 2 is 2.17 bits per heavy atom. The zero-order valence-corrected chi connectivity index (χ0v) is 13.1. The molecular formula is C15H23BrN2. The predicted octanol–water partition coefficient (Wildman–Crippen LogP) is 3.49. The molecule has 100 valence electrons. The molecular weight excluding hydrogens is 288 g/mol. The maximum absolute atomic E-state index is 6.32. The summed E-state index contributed by atoms with van der Waals surface area (Å²) in [5.41, 5.74) is 8.95. The molecule has 2 unspecified atom stereocenters. The first kappa shape index (κ1) is 14.0. The molecule has 2 nitrogen and oxygen atoms in total. The van der Waals surface area contributed by atoms with E-state index in [9.17, 15) is 0 Å². The Balaban J connectivity index is 2.27. The average Bonchev–Trinajstić information content (AvgIpc) is 2.60. The third kappa shape index (κ3) is 2.95. The summed E-state index contributed by atoms with van der Waals surface area (Å²) in [6, 6.07) is 7.21. The first-order valence-corrected chi connectivity index (χ1v) is 7.54. The summed E-state index contributed by atoms with van der Waals surface area (Å²) in [6.45, 7) is 8.90. The maximum Gasteiger partial charge on any atom is 0.0510 e. The molecule has 0 radical (unpaired) electrons. The van der Waals surface area contributed by atoms with Gasteiger partial charge in [0.05, 0.1) is 6.04 Å². The summed E-state index contributed by atoms with van der Waals surface area (Å²) in [5.74, 6) is 0.682. The number of benzene rings is 1. The minimum absolute atomic E-state index is 0.253. The van der Waals surface area contributed by atoms with Gasteiger partial charge >= 0.3 is 0 Å². The second-order valence-electron chi connectivity index (χ2n) is 5.81. The summed E-state index contributed by atoms with van der Waals surface area (Å²) >= 11 is 3.70. The van der Waals surface area contributed by atoms with E-state index in [-0.39, 0.29) is 6.04 Å². The van der Waals surface area contributed by atoms with Crippen LogP contribution in [0, 0.1) is 12.8 Å². The van der Waals surface area contributed by atoms with Gasteiger partial charge < -0.3 is 5.73 Å². The van der Waals surface area contributed by atoms with Gasteiger partial charge in [0.15, 0.2) is 0 Å². The molecule has 1 heterocycles. The van der Waals surface area contributed by atoms with Crippen LogP contribution in [-0.4, -0.2) is 24.0 Å². The van der Waals surface area contributed by atoms with E-state index in [1.54, 1.807) is 0 Å². The molecule has 2 atom stereocenters. The van der Waals surface area contributed by atoms with Crippen molar-refractivity contribution >= 4 is 15.9 Å². The smallest absolute Gasteiger partial charge is 0.0510 e. The minimum Gasteiger partial charge on any atom is -0.326 e. The Hall–Kier alpha value is -0.380. The van der Waals surface area contributed by atoms with Gasteiger partial charge in [0.2, 0.25) is 0 Å². The second kappa shape index (κ2) is 5.72. The van der Waals surface area contributed by atoms with Crippen LogP contribution in [0.1, 0.15) is 37.4 Å². The van der Waals surface area contributed by atoms with E-state index in [0.717, 1.165) is 19.5 Å². The van der Waals surface area contributed by atoms with E-state index >= 15 is 0 Å². The van der Waals surface area contributed by atoms with Crippen LogP contribution in [0.4, 0.5) is 0 Å². The molecule has 0 spiro atoms. The summed E-state index contributed by atoms with van der Waals surface area (Å²) in [7, 11) is 0. The fraction of sp³-hybridized carbons (Fsp3) is 0.600. The summed E-state index contributed by atoms with van der Waals surface area (Å²) < 4.78 is 1.19. The quantitative estimate of drug-likeness (QED) is 0.926. The highest BCUT2D eigenvalue weighted by Crippen LogP contribution is 2.36. The van der Waals surface area contributed by atoms with E-state index in [4.69, 9.17) is 5.73 Å². The van der Waals surface area contributed by atoms with Gasteiger partial charge in [0.1, 0.15) is 0 Å². The van der Waals surface area contributed by atoms with Gasteiger partial charge in [0.25, 0.3) is 0 Å². The Morgan fingerprint density at radius 1 is 1.44 bits per heavy atom. The number of hydrogen-bond donors (Lipinski definition) is 1. The normalized spacial score (nSPS) is 25.0. The van der Waals surface area contributed by atoms with Crippen LogP contribution in [0.15, 0.2) is 22.7 Å². The van der Waals surface area contributed by atoms with Gasteiger partial charge in [-0.05, 0) is 36.5 Å². The molecule has 1 saturated heterocycles. The Morgan fingerprint density at radius 3 is 2.78 bits per heavy atom. The largest absolute Gasteiger partial charge is 0.326 e. The van der Waals surface area contributed by atoms with Crippen molar-refractivity contribution in [3.63, 3.8) is 0 Å². The topological polar surface area (TPSA) is 29.3 Å². The Bertz CT molecular complexity index is 417. The standard InChI is InChI=1S/C15H23BrN2/c1-10(2)9-18-7-6-14(17)15(18)12-5-4-11(3)8-13(12)16/h4-5,8,10,14-15H,6-7,9,17H2,1-3H3. The summed E-state index contributed by atoms with van der Waals surface area (Å²) in [5, 5.41) is 0. The first-order chi connectivity index (χ1) is 8.49. The van der Waals surface area contributed by atoms with Crippen LogP contribution in [0.5, 0.6) is 0 Å². The zero-order chi connectivity index (χ0) is 13.3. The molecule has 1 aliphatic rings. The molecule has 0 amide bonds. The van der Waals surface area contributed by atoms with Crippen molar-refractivity contribution in [2.45, 2.75) is 39.3 Å². The molecule has 1 aromatic rings. The van der Waals surface area contributed by atoms with Gasteiger partial charge in [-0.2, -0.15) is 0 Å². The molecule has 2 rings (SSSR count). The molecule has 1 aliphatic heterocycles. The predicted molar refractivity (Wildman–Crippen MR) is 80.6 cm³/mol. The van der Waals surface area contributed by atoms with Crippen molar-refractivity contribution in [3.05, 3.63) is 33.8 Å². The summed E-state index contributed by atoms with van der Waals surface area (Å²) in [6.07, 6.45) is 1.09. The Kier molecular flexibility index (Phi) is 4.46. The molecule has 3 heteroatoms. The van der Waals surface area contributed by atoms with Gasteiger partial charge in [-0.1, -0.05) is 41.9 Å². The summed E-state index contributed by atoms with van der Waals surface area (Å²) in [4.78, 5) is 2.53. The fourth-order valence-corrected chi connectivity index (χ4v) is 3.58. The van der Waals surface area contributed by atoms with Crippen LogP contribution in [0.2, 0.25) is 0 Å². The first-order valence-electron chi connectivity index (χ1n) is 6.74. The lowest BCUT2D eigenvalue weighted by Crippen LogP contribution is -2.34. The van der Waals surface area contributed by atoms with Gasteiger partial charge in [-0.3, -0.25) is 4.90 Å². The molecule has 0 bridgehead atoms. The average molecular weight is 311 g/mol. The fourth-order valence-electron chi connectivity index (χ4n) is 2.86. The van der Waals surface area contributed by atoms with Gasteiger partial charge in [0, 0.05) is 23.6 Å². The van der Waals surface area contributed by atoms with E-state index < -0.39 is 0 Å². The van der Waals surface area contributed by atoms with Crippen molar-refractivity contribution in [2.75, 3.05) is 13.1 Å². The molecule has 0 saturated carbocycles. The molecule has 1 aromatic carbocycles. The number of rotatable bonds is 3. The minimum atomic E-state index is 0.253. The Labute approximate surface area is 119 Å². The number of aryl methyl sites for hydroxylation is 1. The van der Waals surface area contributed by atoms with Crippen LogP contribution < -0.4 is 5.73 Å². The van der Waals surface area contributed by atoms with Gasteiger partial charge in [-0.25, -0.2) is 0 Å². The van der Waals surface area contributed by atoms with Crippen LogP contribution in [-0.2, 0) is 0 Å². The number of nitrogens with two attached hydrogens (primary N) is 1. The lowest BCUT2D eigenvalue weighted by atomic mass is 9.99. The highest BCUT2D eigenvalue weighted by Gasteiger charge is 2.33. The van der Waals surface area contributed by atoms with E-state index in [0.29, 0.717) is 12.0 Å². The van der Waals surface area contributed by atoms with Crippen molar-refractivity contribution in [1.82, 2.24) is 4.90 Å². The number of likely N-dealkylation sites (tertiary alicyclic amines) is 1. The second-order valence-corrected chi connectivity index (χ2v) is 6.67. The highest BCUT2D eigenvalue weighted by molar-refractivity contribution is 9.10. The van der Waals surface area contributed by atoms with Crippen molar-refractivity contribution in [1.29, 1.82) is 0 Å². The number of halogens is 1. The van der Waals surface area contributed by atoms with E-state index in [2.05, 4.69) is 59.8 Å². The molecule has 1 fully saturated rings. The lowest BCUT2D eigenvalue weighted by molar-refractivity contribution is 0.220. The van der Waals surface area contributed by atoms with Crippen molar-refractivity contribution < 1.29 is 0 Å². The number of nitrogens with zero attached hydrogens (tertiary/aromatic N) is 1. The SMILES string of the molecule is Cc1ccc(C2C(N)CCN2CC(C)C)c(Br)c1. The molecule has 0 aromatic heterocycles. The van der Waals surface area contributed by atoms with Crippen LogP contribution >= 0.6 is 15.9 Å². The van der Waals surface area contributed by atoms with Crippen LogP contribution in [0.25, 0.3) is 0 Å². The van der Waals surface area contributed by atoms with Gasteiger partial charge in [-0.15, -0.1) is 0 Å². The van der Waals surface area contributed by atoms with E-state index in [1.807, 2.05) is 0 Å².